The van der Waals surface area contributed by atoms with Crippen LogP contribution in [0.4, 0.5) is 0 Å². The van der Waals surface area contributed by atoms with Gasteiger partial charge in [-0.3, -0.25) is 14.4 Å². The second-order valence-electron chi connectivity index (χ2n) is 7.01. The van der Waals surface area contributed by atoms with Crippen LogP contribution in [0.1, 0.15) is 28.8 Å². The lowest BCUT2D eigenvalue weighted by atomic mass is 9.88. The molecule has 1 aliphatic heterocycles. The van der Waals surface area contributed by atoms with Crippen molar-refractivity contribution in [1.29, 1.82) is 0 Å². The fraction of sp³-hybridized carbons (Fsp3) is 0.476. The average molecular weight is 387 g/mol. The number of ether oxygens (including phenoxy) is 1. The molecule has 3 amide bonds. The zero-order valence-electron chi connectivity index (χ0n) is 16.6. The fourth-order valence-corrected chi connectivity index (χ4v) is 3.39. The summed E-state index contributed by atoms with van der Waals surface area (Å²) in [4.78, 5) is 39.1. The van der Waals surface area contributed by atoms with Crippen LogP contribution in [0.2, 0.25) is 0 Å². The molecule has 0 spiro atoms. The standard InChI is InChI=1S/C21H29N3O4/c1-4-10-22-21(27)19(23-20(26)17-7-5-6-15(2)13-17)16-8-11-24(12-9-16)18(25)14-28-3/h4-7,13,16,19H,1,8-12,14H2,2-3H3,(H,22,27)(H,23,26)/t19-/m1/s1. The Hall–Kier alpha value is -2.67. The number of benzene rings is 1. The maximum Gasteiger partial charge on any atom is 0.251 e. The van der Waals surface area contributed by atoms with E-state index in [0.717, 1.165) is 5.56 Å². The number of amides is 3. The smallest absolute Gasteiger partial charge is 0.251 e. The van der Waals surface area contributed by atoms with Crippen molar-refractivity contribution in [2.45, 2.75) is 25.8 Å². The topological polar surface area (TPSA) is 87.7 Å². The zero-order chi connectivity index (χ0) is 20.5. The van der Waals surface area contributed by atoms with Crippen molar-refractivity contribution in [1.82, 2.24) is 15.5 Å². The van der Waals surface area contributed by atoms with E-state index in [1.165, 1.54) is 7.11 Å². The molecule has 1 aromatic carbocycles. The van der Waals surface area contributed by atoms with E-state index in [9.17, 15) is 14.4 Å². The van der Waals surface area contributed by atoms with E-state index in [1.54, 1.807) is 23.1 Å². The normalized spacial score (nSPS) is 15.6. The Labute approximate surface area is 166 Å². The second-order valence-corrected chi connectivity index (χ2v) is 7.01. The molecule has 2 rings (SSSR count). The first-order valence-corrected chi connectivity index (χ1v) is 9.49. The summed E-state index contributed by atoms with van der Waals surface area (Å²) in [7, 11) is 1.49. The molecule has 0 unspecified atom stereocenters. The van der Waals surface area contributed by atoms with Crippen LogP contribution in [-0.2, 0) is 14.3 Å². The molecular weight excluding hydrogens is 358 g/mol. The zero-order valence-corrected chi connectivity index (χ0v) is 16.6. The van der Waals surface area contributed by atoms with Gasteiger partial charge in [0.25, 0.3) is 5.91 Å². The van der Waals surface area contributed by atoms with Crippen LogP contribution in [0.3, 0.4) is 0 Å². The number of hydrogen-bond acceptors (Lipinski definition) is 4. The van der Waals surface area contributed by atoms with Gasteiger partial charge in [-0.05, 0) is 37.8 Å². The van der Waals surface area contributed by atoms with Crippen molar-refractivity contribution in [2.24, 2.45) is 5.92 Å². The first kappa shape index (κ1) is 21.6. The number of carbonyl (C=O) groups excluding carboxylic acids is 3. The SMILES string of the molecule is C=CCNC(=O)[C@H](NC(=O)c1cccc(C)c1)C1CCN(C(=O)COC)CC1. The molecule has 1 aliphatic rings. The number of likely N-dealkylation sites (tertiary alicyclic amines) is 1. The van der Waals surface area contributed by atoms with Crippen LogP contribution in [-0.4, -0.2) is 62.0 Å². The summed E-state index contributed by atoms with van der Waals surface area (Å²) in [6, 6.07) is 6.59. The summed E-state index contributed by atoms with van der Waals surface area (Å²) in [6.45, 7) is 6.99. The average Bonchev–Trinajstić information content (AvgIpc) is 2.70. The minimum Gasteiger partial charge on any atom is -0.375 e. The maximum absolute atomic E-state index is 12.7. The maximum atomic E-state index is 12.7. The van der Waals surface area contributed by atoms with E-state index in [1.807, 2.05) is 19.1 Å². The van der Waals surface area contributed by atoms with Gasteiger partial charge in [0.15, 0.2) is 0 Å². The van der Waals surface area contributed by atoms with Gasteiger partial charge in [-0.15, -0.1) is 6.58 Å². The molecule has 7 nitrogen and oxygen atoms in total. The van der Waals surface area contributed by atoms with Gasteiger partial charge in [0, 0.05) is 32.3 Å². The lowest BCUT2D eigenvalue weighted by Gasteiger charge is -2.35. The van der Waals surface area contributed by atoms with Crippen LogP contribution >= 0.6 is 0 Å². The Morgan fingerprint density at radius 1 is 1.32 bits per heavy atom. The number of nitrogens with one attached hydrogen (secondary N) is 2. The van der Waals surface area contributed by atoms with Crippen molar-refractivity contribution in [3.63, 3.8) is 0 Å². The third-order valence-electron chi connectivity index (χ3n) is 4.90. The highest BCUT2D eigenvalue weighted by Crippen LogP contribution is 2.22. The van der Waals surface area contributed by atoms with E-state index in [4.69, 9.17) is 4.74 Å². The van der Waals surface area contributed by atoms with E-state index in [2.05, 4.69) is 17.2 Å². The van der Waals surface area contributed by atoms with Crippen molar-refractivity contribution >= 4 is 17.7 Å². The summed E-state index contributed by atoms with van der Waals surface area (Å²) in [6.07, 6.45) is 2.87. The van der Waals surface area contributed by atoms with Crippen LogP contribution < -0.4 is 10.6 Å². The number of hydrogen-bond donors (Lipinski definition) is 2. The largest absolute Gasteiger partial charge is 0.375 e. The molecule has 1 aromatic rings. The molecule has 0 aromatic heterocycles. The van der Waals surface area contributed by atoms with E-state index < -0.39 is 6.04 Å². The summed E-state index contributed by atoms with van der Waals surface area (Å²) < 4.78 is 4.90. The highest BCUT2D eigenvalue weighted by Gasteiger charge is 2.33. The fourth-order valence-electron chi connectivity index (χ4n) is 3.39. The van der Waals surface area contributed by atoms with Gasteiger partial charge in [-0.25, -0.2) is 0 Å². The Kier molecular flexibility index (Phi) is 8.19. The van der Waals surface area contributed by atoms with Crippen LogP contribution in [0, 0.1) is 12.8 Å². The minimum atomic E-state index is -0.660. The molecule has 2 N–H and O–H groups in total. The second kappa shape index (κ2) is 10.6. The predicted molar refractivity (Wildman–Crippen MR) is 107 cm³/mol. The van der Waals surface area contributed by atoms with Gasteiger partial charge >= 0.3 is 0 Å². The Morgan fingerprint density at radius 3 is 2.64 bits per heavy atom. The van der Waals surface area contributed by atoms with Crippen LogP contribution in [0.5, 0.6) is 0 Å². The molecule has 1 heterocycles. The summed E-state index contributed by atoms with van der Waals surface area (Å²) in [5, 5.41) is 5.67. The number of methoxy groups -OCH3 is 1. The first-order chi connectivity index (χ1) is 13.5. The quantitative estimate of drug-likeness (QED) is 0.658. The highest BCUT2D eigenvalue weighted by atomic mass is 16.5. The van der Waals surface area contributed by atoms with Gasteiger partial charge in [-0.1, -0.05) is 23.8 Å². The van der Waals surface area contributed by atoms with Crippen molar-refractivity contribution < 1.29 is 19.1 Å². The van der Waals surface area contributed by atoms with Crippen molar-refractivity contribution in [3.8, 4) is 0 Å². The number of rotatable bonds is 8. The number of carbonyl (C=O) groups is 3. The number of piperidine rings is 1. The van der Waals surface area contributed by atoms with Gasteiger partial charge < -0.3 is 20.3 Å². The number of aryl methyl sites for hydroxylation is 1. The molecule has 1 saturated heterocycles. The molecule has 28 heavy (non-hydrogen) atoms. The molecule has 0 aliphatic carbocycles. The third-order valence-corrected chi connectivity index (χ3v) is 4.90. The third kappa shape index (κ3) is 5.92. The van der Waals surface area contributed by atoms with Crippen LogP contribution in [0.25, 0.3) is 0 Å². The molecule has 0 saturated carbocycles. The van der Waals surface area contributed by atoms with E-state index >= 15 is 0 Å². The lowest BCUT2D eigenvalue weighted by Crippen LogP contribution is -2.54. The first-order valence-electron chi connectivity index (χ1n) is 9.49. The summed E-state index contributed by atoms with van der Waals surface area (Å²) >= 11 is 0. The lowest BCUT2D eigenvalue weighted by molar-refractivity contribution is -0.136. The molecular formula is C21H29N3O4. The molecule has 7 heteroatoms. The summed E-state index contributed by atoms with van der Waals surface area (Å²) in [5.74, 6) is -0.620. The molecule has 0 radical (unpaired) electrons. The van der Waals surface area contributed by atoms with E-state index in [0.29, 0.717) is 38.0 Å². The van der Waals surface area contributed by atoms with Gasteiger partial charge in [0.05, 0.1) is 0 Å². The molecule has 1 fully saturated rings. The van der Waals surface area contributed by atoms with Gasteiger partial charge in [0.2, 0.25) is 11.8 Å². The minimum absolute atomic E-state index is 0.0508. The summed E-state index contributed by atoms with van der Waals surface area (Å²) in [5.41, 5.74) is 1.50. The van der Waals surface area contributed by atoms with Crippen molar-refractivity contribution in [2.75, 3.05) is 33.4 Å². The monoisotopic (exact) mass is 387 g/mol. The Bertz CT molecular complexity index is 711. The molecule has 1 atom stereocenters. The van der Waals surface area contributed by atoms with E-state index in [-0.39, 0.29) is 30.2 Å². The highest BCUT2D eigenvalue weighted by molar-refractivity contribution is 5.97. The van der Waals surface area contributed by atoms with Gasteiger partial charge in [0.1, 0.15) is 12.6 Å². The molecule has 152 valence electrons. The van der Waals surface area contributed by atoms with Gasteiger partial charge in [-0.2, -0.15) is 0 Å². The Balaban J connectivity index is 2.07. The van der Waals surface area contributed by atoms with Crippen LogP contribution in [0.15, 0.2) is 36.9 Å². The molecule has 0 bridgehead atoms. The predicted octanol–water partition coefficient (Wildman–Crippen LogP) is 1.28. The number of nitrogens with zero attached hydrogens (tertiary/aromatic N) is 1. The Morgan fingerprint density at radius 2 is 2.04 bits per heavy atom. The van der Waals surface area contributed by atoms with Crippen molar-refractivity contribution in [3.05, 3.63) is 48.0 Å².